The summed E-state index contributed by atoms with van der Waals surface area (Å²) in [6.07, 6.45) is 0. The summed E-state index contributed by atoms with van der Waals surface area (Å²) in [5.74, 6) is 0. The van der Waals surface area contributed by atoms with Crippen LogP contribution in [0.2, 0.25) is 0 Å². The zero-order chi connectivity index (χ0) is 10.7. The summed E-state index contributed by atoms with van der Waals surface area (Å²) >= 11 is -6.46. The van der Waals surface area contributed by atoms with E-state index in [1.54, 1.807) is 0 Å². The van der Waals surface area contributed by atoms with E-state index in [-0.39, 0.29) is 154 Å². The van der Waals surface area contributed by atoms with Crippen LogP contribution >= 0.6 is 0 Å². The molecule has 0 aliphatic carbocycles. The third kappa shape index (κ3) is 3.74. The van der Waals surface area contributed by atoms with Crippen molar-refractivity contribution in [3.63, 3.8) is 0 Å². The van der Waals surface area contributed by atoms with E-state index < -0.39 is 12.4 Å². The van der Waals surface area contributed by atoms with Crippen LogP contribution < -0.4 is 154 Å². The number of nitrogens with zero attached hydrogens (tertiary/aromatic N) is 6. The van der Waals surface area contributed by atoms with Crippen LogP contribution in [-0.4, -0.2) is 0 Å². The van der Waals surface area contributed by atoms with Crippen molar-refractivity contribution in [1.82, 2.24) is 0 Å². The van der Waals surface area contributed by atoms with E-state index in [1.165, 1.54) is 0 Å². The summed E-state index contributed by atoms with van der Waals surface area (Å²) in [7, 11) is 0. The zero-order valence-corrected chi connectivity index (χ0v) is 20.0. The zero-order valence-electron chi connectivity index (χ0n) is 9.02. The van der Waals surface area contributed by atoms with Crippen molar-refractivity contribution in [1.29, 1.82) is 31.6 Å². The summed E-state index contributed by atoms with van der Waals surface area (Å²) in [5, 5.41) is 51.5. The maximum Gasteiger partial charge on any atom is 1.00 e. The first kappa shape index (κ1) is 26.9. The van der Waals surface area contributed by atoms with Gasteiger partial charge in [-0.15, -0.1) is 0 Å². The molecule has 10 heteroatoms. The van der Waals surface area contributed by atoms with E-state index >= 15 is 0 Å². The van der Waals surface area contributed by atoms with Crippen LogP contribution in [0.25, 0.3) is 0 Å². The van der Waals surface area contributed by atoms with Crippen LogP contribution in [0.4, 0.5) is 0 Å². The van der Waals surface area contributed by atoms with Crippen molar-refractivity contribution >= 4 is 0 Å². The molecule has 0 aliphatic rings. The maximum absolute atomic E-state index is 8.59. The molecule has 0 atom stereocenters. The molecule has 0 rings (SSSR count). The second-order valence-electron chi connectivity index (χ2n) is 1.70. The molecule has 0 aromatic rings. The minimum Gasteiger partial charge on any atom is 1.00 e. The van der Waals surface area contributed by atoms with Gasteiger partial charge in [-0.25, -0.2) is 0 Å². The van der Waals surface area contributed by atoms with Gasteiger partial charge in [0.25, 0.3) is 0 Å². The molecule has 0 amide bonds. The Balaban J connectivity index is -0.000000240. The predicted molar refractivity (Wildman–Crippen MR) is 33.7 cm³/mol. The van der Waals surface area contributed by atoms with Crippen LogP contribution in [0, 0.1) is 59.6 Å². The monoisotopic (exact) mass is 376 g/mol. The van der Waals surface area contributed by atoms with E-state index in [2.05, 4.69) is 0 Å². The van der Waals surface area contributed by atoms with Crippen LogP contribution in [-0.2, 0) is 12.4 Å². The van der Waals surface area contributed by atoms with Gasteiger partial charge >= 0.3 is 226 Å². The molecule has 0 radical (unpaired) electrons. The summed E-state index contributed by atoms with van der Waals surface area (Å²) in [6.45, 7) is 0. The second kappa shape index (κ2) is 8.61. The Morgan fingerprint density at radius 1 is 0.438 bits per heavy atom. The van der Waals surface area contributed by atoms with Gasteiger partial charge in [-0.1, -0.05) is 0 Å². The SMILES string of the molecule is N#[C][Rh-3]([C]#N)([C]#N)([C]#N)([C]#N)[C]#N.[K+].[K+].[K+]. The normalized spacial score (nSPS) is 10.9. The quantitative estimate of drug-likeness (QED) is 0.384. The molecule has 16 heavy (non-hydrogen) atoms. The van der Waals surface area contributed by atoms with Gasteiger partial charge in [-0.05, 0) is 0 Å². The van der Waals surface area contributed by atoms with Crippen LogP contribution in [0.5, 0.6) is 0 Å². The molecule has 0 aromatic carbocycles. The van der Waals surface area contributed by atoms with E-state index in [9.17, 15) is 0 Å². The van der Waals surface area contributed by atoms with Crippen molar-refractivity contribution in [3.8, 4) is 28.0 Å². The van der Waals surface area contributed by atoms with Crippen LogP contribution in [0.3, 0.4) is 0 Å². The molecule has 0 bridgehead atoms. The van der Waals surface area contributed by atoms with Crippen molar-refractivity contribution in [2.45, 2.75) is 0 Å². The number of hydrogen-bond donors (Lipinski definition) is 0. The molecule has 0 heterocycles. The van der Waals surface area contributed by atoms with Gasteiger partial charge in [0.1, 0.15) is 0 Å². The summed E-state index contributed by atoms with van der Waals surface area (Å²) in [6, 6.07) is 0. The molecule has 0 aromatic heterocycles. The fraction of sp³-hybridized carbons (Fsp3) is 0. The van der Waals surface area contributed by atoms with E-state index in [4.69, 9.17) is 31.6 Å². The third-order valence-corrected chi connectivity index (χ3v) is 6.61. The average molecular weight is 376 g/mol. The van der Waals surface area contributed by atoms with E-state index in [1.807, 2.05) is 0 Å². The Kier molecular flexibility index (Phi) is 14.5. The van der Waals surface area contributed by atoms with Gasteiger partial charge in [0.15, 0.2) is 0 Å². The van der Waals surface area contributed by atoms with Crippen molar-refractivity contribution in [2.24, 2.45) is 0 Å². The van der Waals surface area contributed by atoms with Crippen LogP contribution in [0.15, 0.2) is 0 Å². The molecule has 0 unspecified atom stereocenters. The first-order chi connectivity index (χ1) is 5.97. The number of hydrogen-bond acceptors (Lipinski definition) is 6. The second-order valence-corrected chi connectivity index (χ2v) is 10.0. The van der Waals surface area contributed by atoms with E-state index in [0.717, 1.165) is 28.0 Å². The van der Waals surface area contributed by atoms with Gasteiger partial charge < -0.3 is 0 Å². The maximum atomic E-state index is 8.59. The molecule has 0 saturated heterocycles. The summed E-state index contributed by atoms with van der Waals surface area (Å²) in [5.41, 5.74) is 0. The molecule has 0 saturated carbocycles. The molecule has 66 valence electrons. The van der Waals surface area contributed by atoms with Gasteiger partial charge in [-0.2, -0.15) is 0 Å². The topological polar surface area (TPSA) is 143 Å². The summed E-state index contributed by atoms with van der Waals surface area (Å²) < 4.78 is 6.33. The Bertz CT molecular complexity index is 398. The minimum atomic E-state index is -6.46. The fourth-order valence-corrected chi connectivity index (χ4v) is 1.48. The van der Waals surface area contributed by atoms with Gasteiger partial charge in [0.05, 0.1) is 0 Å². The Labute approximate surface area is 219 Å². The van der Waals surface area contributed by atoms with Crippen molar-refractivity contribution < 1.29 is 167 Å². The van der Waals surface area contributed by atoms with Crippen molar-refractivity contribution in [2.75, 3.05) is 0 Å². The molecular formula is C6K3N6Rh. The van der Waals surface area contributed by atoms with Gasteiger partial charge in [-0.3, -0.25) is 0 Å². The number of nitriles is 6. The van der Waals surface area contributed by atoms with E-state index in [0.29, 0.717) is 0 Å². The largest absolute Gasteiger partial charge is 1.00 e. The smallest absolute Gasteiger partial charge is 1.00 e. The first-order valence-corrected chi connectivity index (χ1v) is 7.26. The molecule has 0 spiro atoms. The van der Waals surface area contributed by atoms with Crippen molar-refractivity contribution in [3.05, 3.63) is 0 Å². The molecule has 0 aliphatic heterocycles. The van der Waals surface area contributed by atoms with Gasteiger partial charge in [0, 0.05) is 0 Å². The summed E-state index contributed by atoms with van der Waals surface area (Å²) in [4.78, 5) is 0. The Morgan fingerprint density at radius 2 is 0.562 bits per heavy atom. The predicted octanol–water partition coefficient (Wildman–Crippen LogP) is -8.89. The molecule has 0 fully saturated rings. The Hall–Kier alpha value is 2.47. The molecule has 0 N–H and O–H groups in total. The minimum absolute atomic E-state index is 0. The number of rotatable bonds is 0. The Morgan fingerprint density at radius 3 is 0.562 bits per heavy atom. The van der Waals surface area contributed by atoms with Crippen LogP contribution in [0.1, 0.15) is 0 Å². The molecule has 6 nitrogen and oxygen atoms in total. The average Bonchev–Trinajstić information content (AvgIpc) is 2.26. The third-order valence-electron chi connectivity index (χ3n) is 1.12. The first-order valence-electron chi connectivity index (χ1n) is 2.34. The van der Waals surface area contributed by atoms with Gasteiger partial charge in [0.2, 0.25) is 0 Å². The molecular weight excluding hydrogens is 376 g/mol. The fourth-order valence-electron chi connectivity index (χ4n) is 0.250. The standard InChI is InChI=1S/6CN.3K.Rh/c6*1-2;;;;/q;;;;;;3*+1;-3.